The van der Waals surface area contributed by atoms with E-state index >= 15 is 0 Å². The summed E-state index contributed by atoms with van der Waals surface area (Å²) in [5.41, 5.74) is 0.472. The smallest absolute Gasteiger partial charge is 0.127 e. The molecule has 0 N–H and O–H groups in total. The molecular weight excluding hydrogens is 245 g/mol. The molecule has 1 aromatic carbocycles. The molecule has 1 heterocycles. The summed E-state index contributed by atoms with van der Waals surface area (Å²) in [4.78, 5) is 0. The van der Waals surface area contributed by atoms with Crippen LogP contribution in [0.25, 0.3) is 0 Å². The van der Waals surface area contributed by atoms with Crippen LogP contribution in [-0.4, -0.2) is 10.5 Å². The fraction of sp³-hybridized carbons (Fsp3) is 0.417. The molecule has 0 spiro atoms. The number of nitriles is 1. The van der Waals surface area contributed by atoms with Gasteiger partial charge in [0, 0.05) is 17.0 Å². The molecule has 4 heteroatoms. The van der Waals surface area contributed by atoms with Crippen molar-refractivity contribution in [1.29, 1.82) is 5.26 Å². The first kappa shape index (κ1) is 11.8. The monoisotopic (exact) mass is 255 g/mol. The van der Waals surface area contributed by atoms with Crippen LogP contribution in [0.2, 0.25) is 5.02 Å². The third-order valence-corrected chi connectivity index (χ3v) is 4.67. The van der Waals surface area contributed by atoms with Crippen LogP contribution >= 0.6 is 23.4 Å². The van der Waals surface area contributed by atoms with Gasteiger partial charge in [-0.25, -0.2) is 4.39 Å². The Kier molecular flexibility index (Phi) is 3.41. The SMILES string of the molecule is N#CC1(Cc2c(F)cccc2Cl)CCCS1. The van der Waals surface area contributed by atoms with E-state index in [1.165, 1.54) is 6.07 Å². The van der Waals surface area contributed by atoms with E-state index in [1.54, 1.807) is 23.9 Å². The highest BCUT2D eigenvalue weighted by molar-refractivity contribution is 8.01. The Labute approximate surface area is 104 Å². The zero-order chi connectivity index (χ0) is 11.6. The van der Waals surface area contributed by atoms with E-state index in [1.807, 2.05) is 0 Å². The van der Waals surface area contributed by atoms with Crippen LogP contribution in [0.1, 0.15) is 18.4 Å². The summed E-state index contributed by atoms with van der Waals surface area (Å²) in [5.74, 6) is 0.661. The van der Waals surface area contributed by atoms with Gasteiger partial charge in [0.15, 0.2) is 0 Å². The summed E-state index contributed by atoms with van der Waals surface area (Å²) in [6.07, 6.45) is 2.24. The lowest BCUT2D eigenvalue weighted by Crippen LogP contribution is -2.22. The van der Waals surface area contributed by atoms with Crippen molar-refractivity contribution in [3.63, 3.8) is 0 Å². The van der Waals surface area contributed by atoms with Crippen LogP contribution in [0.5, 0.6) is 0 Å². The Balaban J connectivity index is 2.30. The molecule has 0 saturated carbocycles. The van der Waals surface area contributed by atoms with E-state index in [9.17, 15) is 9.65 Å². The molecule has 1 aromatic rings. The molecule has 0 radical (unpaired) electrons. The van der Waals surface area contributed by atoms with Crippen LogP contribution < -0.4 is 0 Å². The standard InChI is InChI=1S/C12H11ClFNS/c13-10-3-1-4-11(14)9(10)7-12(8-15)5-2-6-16-12/h1,3-4H,2,5-7H2. The maximum atomic E-state index is 13.6. The van der Waals surface area contributed by atoms with Crippen molar-refractivity contribution in [3.05, 3.63) is 34.6 Å². The second kappa shape index (κ2) is 4.65. The number of rotatable bonds is 2. The van der Waals surface area contributed by atoms with Crippen LogP contribution in [0.4, 0.5) is 4.39 Å². The van der Waals surface area contributed by atoms with E-state index in [0.717, 1.165) is 18.6 Å². The predicted molar refractivity (Wildman–Crippen MR) is 65.2 cm³/mol. The molecule has 1 aliphatic heterocycles. The van der Waals surface area contributed by atoms with Crippen molar-refractivity contribution in [2.45, 2.75) is 24.0 Å². The quantitative estimate of drug-likeness (QED) is 0.802. The Hall–Kier alpha value is -0.720. The van der Waals surface area contributed by atoms with Gasteiger partial charge in [-0.05, 0) is 30.7 Å². The normalized spacial score (nSPS) is 24.3. The van der Waals surface area contributed by atoms with Gasteiger partial charge in [0.05, 0.1) is 6.07 Å². The number of benzene rings is 1. The van der Waals surface area contributed by atoms with Crippen LogP contribution in [0.15, 0.2) is 18.2 Å². The van der Waals surface area contributed by atoms with Gasteiger partial charge in [-0.2, -0.15) is 5.26 Å². The van der Waals surface area contributed by atoms with Gasteiger partial charge in [0.2, 0.25) is 0 Å². The summed E-state index contributed by atoms with van der Waals surface area (Å²) in [7, 11) is 0. The third kappa shape index (κ3) is 2.18. The van der Waals surface area contributed by atoms with Gasteiger partial charge in [0.1, 0.15) is 10.6 Å². The third-order valence-electron chi connectivity index (χ3n) is 2.83. The van der Waals surface area contributed by atoms with Crippen molar-refractivity contribution in [3.8, 4) is 6.07 Å². The molecule has 1 unspecified atom stereocenters. The molecular formula is C12H11ClFNS. The second-order valence-corrected chi connectivity index (χ2v) is 5.82. The maximum Gasteiger partial charge on any atom is 0.127 e. The van der Waals surface area contributed by atoms with Crippen LogP contribution in [-0.2, 0) is 6.42 Å². The first-order valence-corrected chi connectivity index (χ1v) is 6.51. The first-order valence-electron chi connectivity index (χ1n) is 5.15. The van der Waals surface area contributed by atoms with E-state index in [2.05, 4.69) is 6.07 Å². The van der Waals surface area contributed by atoms with Crippen molar-refractivity contribution in [1.82, 2.24) is 0 Å². The molecule has 0 amide bonds. The van der Waals surface area contributed by atoms with Crippen molar-refractivity contribution >= 4 is 23.4 Å². The van der Waals surface area contributed by atoms with Gasteiger partial charge in [0.25, 0.3) is 0 Å². The molecule has 0 bridgehead atoms. The van der Waals surface area contributed by atoms with Crippen molar-refractivity contribution in [2.24, 2.45) is 0 Å². The van der Waals surface area contributed by atoms with Crippen molar-refractivity contribution in [2.75, 3.05) is 5.75 Å². The summed E-state index contributed by atoms with van der Waals surface area (Å²) < 4.78 is 13.1. The Morgan fingerprint density at radius 3 is 2.94 bits per heavy atom. The first-order chi connectivity index (χ1) is 7.67. The van der Waals surface area contributed by atoms with Crippen molar-refractivity contribution < 1.29 is 4.39 Å². The highest BCUT2D eigenvalue weighted by Gasteiger charge is 2.36. The molecule has 1 saturated heterocycles. The number of nitrogens with zero attached hydrogens (tertiary/aromatic N) is 1. The largest absolute Gasteiger partial charge is 0.207 e. The van der Waals surface area contributed by atoms with E-state index < -0.39 is 4.75 Å². The van der Waals surface area contributed by atoms with Gasteiger partial charge in [-0.15, -0.1) is 11.8 Å². The number of hydrogen-bond donors (Lipinski definition) is 0. The number of thioether (sulfide) groups is 1. The Morgan fingerprint density at radius 2 is 2.38 bits per heavy atom. The molecule has 2 rings (SSSR count). The van der Waals surface area contributed by atoms with Crippen LogP contribution in [0.3, 0.4) is 0 Å². The Bertz CT molecular complexity index is 415. The minimum Gasteiger partial charge on any atom is -0.207 e. The minimum absolute atomic E-state index is 0.311. The minimum atomic E-state index is -0.480. The zero-order valence-corrected chi connectivity index (χ0v) is 10.2. The molecule has 84 valence electrons. The average molecular weight is 256 g/mol. The van der Waals surface area contributed by atoms with E-state index in [0.29, 0.717) is 17.0 Å². The lowest BCUT2D eigenvalue weighted by atomic mass is 9.95. The number of halogens is 2. The van der Waals surface area contributed by atoms with E-state index in [4.69, 9.17) is 11.6 Å². The Morgan fingerprint density at radius 1 is 1.56 bits per heavy atom. The average Bonchev–Trinajstić information content (AvgIpc) is 2.73. The van der Waals surface area contributed by atoms with Crippen LogP contribution in [0, 0.1) is 17.1 Å². The van der Waals surface area contributed by atoms with E-state index in [-0.39, 0.29) is 5.82 Å². The maximum absolute atomic E-state index is 13.6. The van der Waals surface area contributed by atoms with Gasteiger partial charge in [-0.1, -0.05) is 17.7 Å². The van der Waals surface area contributed by atoms with Gasteiger partial charge >= 0.3 is 0 Å². The summed E-state index contributed by atoms with van der Waals surface area (Å²) >= 11 is 7.58. The van der Waals surface area contributed by atoms with Gasteiger partial charge in [-0.3, -0.25) is 0 Å². The molecule has 0 aliphatic carbocycles. The topological polar surface area (TPSA) is 23.8 Å². The molecule has 1 aliphatic rings. The summed E-state index contributed by atoms with van der Waals surface area (Å²) in [5, 5.41) is 9.64. The highest BCUT2D eigenvalue weighted by atomic mass is 35.5. The lowest BCUT2D eigenvalue weighted by molar-refractivity contribution is 0.588. The fourth-order valence-corrected chi connectivity index (χ4v) is 3.46. The second-order valence-electron chi connectivity index (χ2n) is 3.94. The molecule has 1 atom stereocenters. The lowest BCUT2D eigenvalue weighted by Gasteiger charge is -2.20. The molecule has 1 fully saturated rings. The summed E-state index contributed by atoms with van der Waals surface area (Å²) in [6.45, 7) is 0. The zero-order valence-electron chi connectivity index (χ0n) is 8.67. The predicted octanol–water partition coefficient (Wildman–Crippen LogP) is 3.81. The molecule has 1 nitrogen and oxygen atoms in total. The van der Waals surface area contributed by atoms with Gasteiger partial charge < -0.3 is 0 Å². The highest BCUT2D eigenvalue weighted by Crippen LogP contribution is 2.41. The molecule has 16 heavy (non-hydrogen) atoms. The molecule has 0 aromatic heterocycles. The fourth-order valence-electron chi connectivity index (χ4n) is 1.95. The summed E-state index contributed by atoms with van der Waals surface area (Å²) in [6, 6.07) is 6.97. The number of hydrogen-bond acceptors (Lipinski definition) is 2.